The van der Waals surface area contributed by atoms with Crippen LogP contribution in [-0.4, -0.2) is 18.6 Å². The molecule has 0 spiro atoms. The lowest BCUT2D eigenvalue weighted by Gasteiger charge is -2.28. The van der Waals surface area contributed by atoms with E-state index in [4.69, 9.17) is 16.3 Å². The Morgan fingerprint density at radius 2 is 2.13 bits per heavy atom. The predicted octanol–water partition coefficient (Wildman–Crippen LogP) is 3.70. The third-order valence-electron chi connectivity index (χ3n) is 3.65. The van der Waals surface area contributed by atoms with E-state index in [9.17, 15) is 9.59 Å². The number of carbonyl (C=O) groups is 2. The smallest absolute Gasteiger partial charge is 0.338 e. The molecule has 0 fully saturated rings. The topological polar surface area (TPSA) is 67.4 Å². The monoisotopic (exact) mass is 336 g/mol. The molecule has 0 bridgehead atoms. The molecule has 0 saturated carbocycles. The standard InChI is InChI=1S/C17H21ClN2O3/c1-3-4-5-9-23-16(21)14-11(2)19-17(22)20-15(14)12-7-6-8-13(18)10-12/h6-8,10,15H,3-5,9H2,1-2H3,(H2,19,20,22). The number of amides is 2. The number of urea groups is 1. The largest absolute Gasteiger partial charge is 0.462 e. The minimum Gasteiger partial charge on any atom is -0.462 e. The minimum atomic E-state index is -0.568. The molecule has 124 valence electrons. The number of unbranched alkanes of at least 4 members (excludes halogenated alkanes) is 2. The molecule has 2 rings (SSSR count). The molecule has 1 aliphatic heterocycles. The second-order valence-corrected chi connectivity index (χ2v) is 5.90. The summed E-state index contributed by atoms with van der Waals surface area (Å²) in [5.41, 5.74) is 1.65. The van der Waals surface area contributed by atoms with Gasteiger partial charge in [-0.05, 0) is 31.0 Å². The van der Waals surface area contributed by atoms with Crippen LogP contribution in [0.1, 0.15) is 44.7 Å². The molecule has 0 saturated heterocycles. The molecular formula is C17H21ClN2O3. The van der Waals surface area contributed by atoms with Gasteiger partial charge in [0.1, 0.15) is 0 Å². The van der Waals surface area contributed by atoms with Gasteiger partial charge in [0.15, 0.2) is 0 Å². The summed E-state index contributed by atoms with van der Waals surface area (Å²) in [6, 6.07) is 6.16. The number of ether oxygens (including phenoxy) is 1. The third kappa shape index (κ3) is 4.48. The summed E-state index contributed by atoms with van der Waals surface area (Å²) in [5.74, 6) is -0.420. The van der Waals surface area contributed by atoms with E-state index in [0.717, 1.165) is 24.8 Å². The summed E-state index contributed by atoms with van der Waals surface area (Å²) in [4.78, 5) is 24.2. The minimum absolute atomic E-state index is 0.352. The Morgan fingerprint density at radius 1 is 1.35 bits per heavy atom. The molecule has 1 atom stereocenters. The molecule has 1 heterocycles. The Bertz CT molecular complexity index is 628. The van der Waals surface area contributed by atoms with Crippen LogP contribution in [0.4, 0.5) is 4.79 Å². The summed E-state index contributed by atoms with van der Waals surface area (Å²) < 4.78 is 5.35. The lowest BCUT2D eigenvalue weighted by atomic mass is 9.95. The first-order valence-electron chi connectivity index (χ1n) is 7.73. The molecule has 2 amide bonds. The van der Waals surface area contributed by atoms with E-state index in [-0.39, 0.29) is 6.03 Å². The van der Waals surface area contributed by atoms with E-state index in [1.165, 1.54) is 0 Å². The van der Waals surface area contributed by atoms with Crippen molar-refractivity contribution in [3.8, 4) is 0 Å². The Morgan fingerprint density at radius 3 is 2.83 bits per heavy atom. The number of esters is 1. The van der Waals surface area contributed by atoms with Crippen LogP contribution < -0.4 is 10.6 Å². The van der Waals surface area contributed by atoms with Crippen molar-refractivity contribution in [2.45, 2.75) is 39.2 Å². The molecule has 1 aromatic rings. The SMILES string of the molecule is CCCCCOC(=O)C1=C(C)NC(=O)NC1c1cccc(Cl)c1. The summed E-state index contributed by atoms with van der Waals surface area (Å²) >= 11 is 6.02. The Balaban J connectivity index is 2.22. The summed E-state index contributed by atoms with van der Waals surface area (Å²) in [7, 11) is 0. The fraction of sp³-hybridized carbons (Fsp3) is 0.412. The quantitative estimate of drug-likeness (QED) is 0.614. The zero-order chi connectivity index (χ0) is 16.8. The van der Waals surface area contributed by atoms with Crippen LogP contribution in [0, 0.1) is 0 Å². The molecule has 5 nitrogen and oxygen atoms in total. The fourth-order valence-corrected chi connectivity index (χ4v) is 2.69. The molecule has 0 radical (unpaired) electrons. The number of carbonyl (C=O) groups excluding carboxylic acids is 2. The van der Waals surface area contributed by atoms with Crippen LogP contribution in [0.2, 0.25) is 5.02 Å². The maximum Gasteiger partial charge on any atom is 0.338 e. The Labute approximate surface area is 141 Å². The van der Waals surface area contributed by atoms with Crippen LogP contribution in [0.3, 0.4) is 0 Å². The van der Waals surface area contributed by atoms with Crippen LogP contribution in [0.5, 0.6) is 0 Å². The zero-order valence-corrected chi connectivity index (χ0v) is 14.1. The molecule has 0 aromatic heterocycles. The Hall–Kier alpha value is -2.01. The number of rotatable bonds is 6. The van der Waals surface area contributed by atoms with E-state index in [1.54, 1.807) is 25.1 Å². The highest BCUT2D eigenvalue weighted by molar-refractivity contribution is 6.30. The second kappa shape index (κ2) is 8.02. The van der Waals surface area contributed by atoms with Gasteiger partial charge in [-0.2, -0.15) is 0 Å². The third-order valence-corrected chi connectivity index (χ3v) is 3.89. The van der Waals surface area contributed by atoms with Gasteiger partial charge in [0.25, 0.3) is 0 Å². The molecule has 23 heavy (non-hydrogen) atoms. The number of allylic oxidation sites excluding steroid dienone is 1. The highest BCUT2D eigenvalue weighted by atomic mass is 35.5. The normalized spacial score (nSPS) is 17.5. The molecule has 1 unspecified atom stereocenters. The molecule has 2 N–H and O–H groups in total. The van der Waals surface area contributed by atoms with Crippen molar-refractivity contribution in [2.75, 3.05) is 6.61 Å². The first kappa shape index (κ1) is 17.3. The summed E-state index contributed by atoms with van der Waals surface area (Å²) in [6.45, 7) is 4.16. The zero-order valence-electron chi connectivity index (χ0n) is 13.3. The summed E-state index contributed by atoms with van der Waals surface area (Å²) in [5, 5.41) is 5.92. The highest BCUT2D eigenvalue weighted by Gasteiger charge is 2.32. The van der Waals surface area contributed by atoms with Crippen molar-refractivity contribution < 1.29 is 14.3 Å². The number of halogens is 1. The summed E-state index contributed by atoms with van der Waals surface area (Å²) in [6.07, 6.45) is 2.90. The van der Waals surface area contributed by atoms with E-state index in [0.29, 0.717) is 22.9 Å². The van der Waals surface area contributed by atoms with Crippen molar-refractivity contribution >= 4 is 23.6 Å². The molecule has 6 heteroatoms. The van der Waals surface area contributed by atoms with Crippen LogP contribution in [0.25, 0.3) is 0 Å². The van der Waals surface area contributed by atoms with Crippen LogP contribution in [-0.2, 0) is 9.53 Å². The van der Waals surface area contributed by atoms with Gasteiger partial charge in [-0.3, -0.25) is 0 Å². The van der Waals surface area contributed by atoms with Gasteiger partial charge in [0.2, 0.25) is 0 Å². The molecular weight excluding hydrogens is 316 g/mol. The molecule has 0 aliphatic carbocycles. The first-order valence-corrected chi connectivity index (χ1v) is 8.11. The van der Waals surface area contributed by atoms with Crippen molar-refractivity contribution in [3.63, 3.8) is 0 Å². The van der Waals surface area contributed by atoms with Gasteiger partial charge in [0.05, 0.1) is 18.2 Å². The average molecular weight is 337 g/mol. The van der Waals surface area contributed by atoms with Crippen molar-refractivity contribution in [3.05, 3.63) is 46.1 Å². The maximum atomic E-state index is 12.4. The number of hydrogen-bond donors (Lipinski definition) is 2. The first-order chi connectivity index (χ1) is 11.0. The maximum absolute atomic E-state index is 12.4. The Kier molecular flexibility index (Phi) is 6.04. The number of nitrogens with one attached hydrogen (secondary N) is 2. The number of hydrogen-bond acceptors (Lipinski definition) is 3. The van der Waals surface area contributed by atoms with Gasteiger partial charge in [0, 0.05) is 10.7 Å². The van der Waals surface area contributed by atoms with E-state index in [1.807, 2.05) is 6.07 Å². The van der Waals surface area contributed by atoms with E-state index < -0.39 is 12.0 Å². The van der Waals surface area contributed by atoms with Gasteiger partial charge in [-0.15, -0.1) is 0 Å². The van der Waals surface area contributed by atoms with Crippen molar-refractivity contribution in [1.82, 2.24) is 10.6 Å². The van der Waals surface area contributed by atoms with Gasteiger partial charge in [-0.1, -0.05) is 43.5 Å². The van der Waals surface area contributed by atoms with Crippen LogP contribution >= 0.6 is 11.6 Å². The lowest BCUT2D eigenvalue weighted by Crippen LogP contribution is -2.45. The van der Waals surface area contributed by atoms with E-state index in [2.05, 4.69) is 17.6 Å². The second-order valence-electron chi connectivity index (χ2n) is 5.47. The van der Waals surface area contributed by atoms with Gasteiger partial charge in [-0.25, -0.2) is 9.59 Å². The predicted molar refractivity (Wildman–Crippen MR) is 89.0 cm³/mol. The highest BCUT2D eigenvalue weighted by Crippen LogP contribution is 2.29. The van der Waals surface area contributed by atoms with Gasteiger partial charge >= 0.3 is 12.0 Å². The van der Waals surface area contributed by atoms with Crippen molar-refractivity contribution in [1.29, 1.82) is 0 Å². The fourth-order valence-electron chi connectivity index (χ4n) is 2.50. The lowest BCUT2D eigenvalue weighted by molar-refractivity contribution is -0.139. The average Bonchev–Trinajstić information content (AvgIpc) is 2.50. The number of benzene rings is 1. The van der Waals surface area contributed by atoms with Gasteiger partial charge < -0.3 is 15.4 Å². The molecule has 1 aromatic carbocycles. The van der Waals surface area contributed by atoms with Crippen LogP contribution in [0.15, 0.2) is 35.5 Å². The molecule has 1 aliphatic rings. The van der Waals surface area contributed by atoms with E-state index >= 15 is 0 Å². The van der Waals surface area contributed by atoms with Crippen molar-refractivity contribution in [2.24, 2.45) is 0 Å².